The zero-order valence-corrected chi connectivity index (χ0v) is 7.00. The molecule has 0 aromatic rings. The van der Waals surface area contributed by atoms with Gasteiger partial charge in [-0.25, -0.2) is 4.99 Å². The maximum absolute atomic E-state index is 5.44. The Hall–Kier alpha value is -0.320. The molecule has 2 N–H and O–H groups in total. The Bertz CT molecular complexity index is 191. The molecule has 0 atom stereocenters. The third kappa shape index (κ3) is 2.17. The molecule has 1 heterocycles. The molecule has 2 nitrogen and oxygen atoms in total. The molecule has 0 bridgehead atoms. The fraction of sp³-hybridized carbons (Fsp3) is 0.167. The number of rotatable bonds is 0. The molecule has 0 radical (unpaired) electrons. The minimum atomic E-state index is 0.591. The van der Waals surface area contributed by atoms with Crippen LogP contribution in [0, 0.1) is 0 Å². The van der Waals surface area contributed by atoms with Crippen molar-refractivity contribution in [3.05, 3.63) is 21.6 Å². The quantitative estimate of drug-likeness (QED) is 0.635. The van der Waals surface area contributed by atoms with Gasteiger partial charge in [-0.1, -0.05) is 6.08 Å². The van der Waals surface area contributed by atoms with Crippen molar-refractivity contribution in [3.8, 4) is 0 Å². The SMILES string of the molecule is NC1=CC(I)=CCC=N1. The third-order valence-electron chi connectivity index (χ3n) is 0.944. The number of hydrogen-bond donors (Lipinski definition) is 1. The normalized spacial score (nSPS) is 18.3. The molecule has 0 unspecified atom stereocenters. The minimum Gasteiger partial charge on any atom is -0.384 e. The highest BCUT2D eigenvalue weighted by Crippen LogP contribution is 2.11. The van der Waals surface area contributed by atoms with Gasteiger partial charge in [0.2, 0.25) is 0 Å². The van der Waals surface area contributed by atoms with E-state index in [1.54, 1.807) is 6.21 Å². The molecule has 3 heteroatoms. The standard InChI is InChI=1S/C6H7IN2/c7-5-2-1-3-9-6(8)4-5/h2-4H,1,8H2. The zero-order valence-electron chi connectivity index (χ0n) is 4.84. The molecule has 0 aromatic carbocycles. The lowest BCUT2D eigenvalue weighted by molar-refractivity contribution is 1.25. The van der Waals surface area contributed by atoms with Gasteiger partial charge in [0, 0.05) is 16.2 Å². The Morgan fingerprint density at radius 3 is 3.22 bits per heavy atom. The molecule has 0 saturated heterocycles. The summed E-state index contributed by atoms with van der Waals surface area (Å²) in [5.74, 6) is 0.591. The van der Waals surface area contributed by atoms with E-state index in [1.807, 2.05) is 6.08 Å². The summed E-state index contributed by atoms with van der Waals surface area (Å²) in [5.41, 5.74) is 5.44. The van der Waals surface area contributed by atoms with Crippen molar-refractivity contribution in [2.45, 2.75) is 6.42 Å². The number of allylic oxidation sites excluding steroid dienone is 3. The average Bonchev–Trinajstić information content (AvgIpc) is 1.93. The van der Waals surface area contributed by atoms with E-state index in [0.717, 1.165) is 10.0 Å². The van der Waals surface area contributed by atoms with Crippen LogP contribution in [0.25, 0.3) is 0 Å². The Morgan fingerprint density at radius 2 is 2.44 bits per heavy atom. The maximum Gasteiger partial charge on any atom is 0.123 e. The van der Waals surface area contributed by atoms with Crippen LogP contribution in [-0.4, -0.2) is 6.21 Å². The lowest BCUT2D eigenvalue weighted by Gasteiger charge is -1.86. The van der Waals surface area contributed by atoms with Crippen LogP contribution in [0.1, 0.15) is 6.42 Å². The topological polar surface area (TPSA) is 38.4 Å². The van der Waals surface area contributed by atoms with Crippen LogP contribution >= 0.6 is 22.6 Å². The summed E-state index contributed by atoms with van der Waals surface area (Å²) < 4.78 is 1.16. The van der Waals surface area contributed by atoms with Gasteiger partial charge in [0.05, 0.1) is 0 Å². The van der Waals surface area contributed by atoms with Crippen molar-refractivity contribution in [1.82, 2.24) is 0 Å². The molecule has 1 aliphatic heterocycles. The van der Waals surface area contributed by atoms with E-state index in [-0.39, 0.29) is 0 Å². The summed E-state index contributed by atoms with van der Waals surface area (Å²) in [6, 6.07) is 0. The summed E-state index contributed by atoms with van der Waals surface area (Å²) in [4.78, 5) is 3.93. The van der Waals surface area contributed by atoms with Gasteiger partial charge in [-0.15, -0.1) is 0 Å². The van der Waals surface area contributed by atoms with E-state index in [2.05, 4.69) is 33.7 Å². The Labute approximate surface area is 67.7 Å². The van der Waals surface area contributed by atoms with Gasteiger partial charge in [-0.2, -0.15) is 0 Å². The first-order valence-corrected chi connectivity index (χ1v) is 3.72. The molecule has 0 amide bonds. The van der Waals surface area contributed by atoms with Crippen molar-refractivity contribution >= 4 is 28.8 Å². The molecule has 9 heavy (non-hydrogen) atoms. The van der Waals surface area contributed by atoms with Gasteiger partial charge in [-0.3, -0.25) is 0 Å². The van der Waals surface area contributed by atoms with E-state index in [4.69, 9.17) is 5.73 Å². The van der Waals surface area contributed by atoms with Crippen molar-refractivity contribution in [3.63, 3.8) is 0 Å². The number of nitrogens with zero attached hydrogens (tertiary/aromatic N) is 1. The van der Waals surface area contributed by atoms with Gasteiger partial charge >= 0.3 is 0 Å². The molecule has 0 aliphatic carbocycles. The van der Waals surface area contributed by atoms with E-state index < -0.39 is 0 Å². The van der Waals surface area contributed by atoms with Crippen LogP contribution in [0.5, 0.6) is 0 Å². The van der Waals surface area contributed by atoms with Crippen LogP contribution < -0.4 is 5.73 Å². The van der Waals surface area contributed by atoms with Gasteiger partial charge in [0.1, 0.15) is 5.82 Å². The second-order valence-corrected chi connectivity index (χ2v) is 2.95. The van der Waals surface area contributed by atoms with E-state index in [1.165, 1.54) is 0 Å². The highest BCUT2D eigenvalue weighted by Gasteiger charge is 1.91. The highest BCUT2D eigenvalue weighted by atomic mass is 127. The first-order chi connectivity index (χ1) is 4.29. The monoisotopic (exact) mass is 234 g/mol. The molecule has 1 rings (SSSR count). The summed E-state index contributed by atoms with van der Waals surface area (Å²) in [6.45, 7) is 0. The maximum atomic E-state index is 5.44. The molecule has 0 aromatic heterocycles. The predicted molar refractivity (Wildman–Crippen MR) is 47.5 cm³/mol. The second kappa shape index (κ2) is 3.00. The lowest BCUT2D eigenvalue weighted by Crippen LogP contribution is -1.91. The van der Waals surface area contributed by atoms with Crippen LogP contribution in [0.3, 0.4) is 0 Å². The van der Waals surface area contributed by atoms with Crippen molar-refractivity contribution in [1.29, 1.82) is 0 Å². The third-order valence-corrected chi connectivity index (χ3v) is 1.70. The van der Waals surface area contributed by atoms with Gasteiger partial charge in [0.25, 0.3) is 0 Å². The zero-order chi connectivity index (χ0) is 6.69. The first kappa shape index (κ1) is 6.80. The highest BCUT2D eigenvalue weighted by molar-refractivity contribution is 14.1. The Morgan fingerprint density at radius 1 is 1.67 bits per heavy atom. The van der Waals surface area contributed by atoms with Crippen molar-refractivity contribution in [2.24, 2.45) is 10.7 Å². The molecule has 0 fully saturated rings. The van der Waals surface area contributed by atoms with E-state index in [0.29, 0.717) is 5.82 Å². The van der Waals surface area contributed by atoms with Crippen molar-refractivity contribution < 1.29 is 0 Å². The van der Waals surface area contributed by atoms with Crippen LogP contribution in [-0.2, 0) is 0 Å². The van der Waals surface area contributed by atoms with Crippen LogP contribution in [0.2, 0.25) is 0 Å². The summed E-state index contributed by atoms with van der Waals surface area (Å²) >= 11 is 2.22. The van der Waals surface area contributed by atoms with E-state index in [9.17, 15) is 0 Å². The first-order valence-electron chi connectivity index (χ1n) is 2.64. The molecule has 48 valence electrons. The number of nitrogens with two attached hydrogens (primary N) is 1. The van der Waals surface area contributed by atoms with Gasteiger partial charge in [0.15, 0.2) is 0 Å². The smallest absolute Gasteiger partial charge is 0.123 e. The lowest BCUT2D eigenvalue weighted by atomic mass is 10.4. The average molecular weight is 234 g/mol. The Balaban J connectivity index is 2.82. The number of aliphatic imine (C=N–C) groups is 1. The predicted octanol–water partition coefficient (Wildman–Crippen LogP) is 1.58. The molecular weight excluding hydrogens is 227 g/mol. The summed E-state index contributed by atoms with van der Waals surface area (Å²) in [6.07, 6.45) is 6.61. The van der Waals surface area contributed by atoms with Gasteiger partial charge in [-0.05, 0) is 28.7 Å². The van der Waals surface area contributed by atoms with Crippen LogP contribution in [0.15, 0.2) is 26.5 Å². The van der Waals surface area contributed by atoms with Crippen LogP contribution in [0.4, 0.5) is 0 Å². The molecular formula is C6H7IN2. The minimum absolute atomic E-state index is 0.591. The van der Waals surface area contributed by atoms with Crippen molar-refractivity contribution in [2.75, 3.05) is 0 Å². The second-order valence-electron chi connectivity index (χ2n) is 1.71. The largest absolute Gasteiger partial charge is 0.384 e. The molecule has 0 spiro atoms. The van der Waals surface area contributed by atoms with Gasteiger partial charge < -0.3 is 5.73 Å². The molecule has 1 aliphatic rings. The fourth-order valence-corrected chi connectivity index (χ4v) is 1.13. The number of hydrogen-bond acceptors (Lipinski definition) is 2. The fourth-order valence-electron chi connectivity index (χ4n) is 0.561. The Kier molecular flexibility index (Phi) is 2.27. The number of halogens is 1. The van der Waals surface area contributed by atoms with E-state index >= 15 is 0 Å². The summed E-state index contributed by atoms with van der Waals surface area (Å²) in [5, 5.41) is 0. The molecule has 0 saturated carbocycles. The summed E-state index contributed by atoms with van der Waals surface area (Å²) in [7, 11) is 0.